The van der Waals surface area contributed by atoms with Crippen molar-refractivity contribution in [1.29, 1.82) is 0 Å². The minimum atomic E-state index is -0.247. The van der Waals surface area contributed by atoms with Crippen molar-refractivity contribution >= 4 is 10.9 Å². The number of aromatic amines is 1. The Bertz CT molecular complexity index is 661. The van der Waals surface area contributed by atoms with E-state index in [2.05, 4.69) is 4.98 Å². The SMILES string of the molecule is COCC[NH+](CCOC)Cc1c(O)c2ccccc2[nH]c1=O. The largest absolute Gasteiger partial charge is 0.507 e. The molecule has 0 atom stereocenters. The average Bonchev–Trinajstić information content (AvgIpc) is 2.53. The van der Waals surface area contributed by atoms with Crippen LogP contribution >= 0.6 is 0 Å². The predicted molar refractivity (Wildman–Crippen MR) is 84.4 cm³/mol. The van der Waals surface area contributed by atoms with Gasteiger partial charge < -0.3 is 24.5 Å². The lowest BCUT2D eigenvalue weighted by molar-refractivity contribution is -0.914. The summed E-state index contributed by atoms with van der Waals surface area (Å²) in [4.78, 5) is 16.2. The zero-order chi connectivity index (χ0) is 15.9. The maximum atomic E-state index is 12.2. The van der Waals surface area contributed by atoms with Crippen LogP contribution in [0.25, 0.3) is 10.9 Å². The van der Waals surface area contributed by atoms with Crippen LogP contribution in [0.1, 0.15) is 5.56 Å². The Labute approximate surface area is 129 Å². The second kappa shape index (κ2) is 7.93. The molecule has 1 heterocycles. The summed E-state index contributed by atoms with van der Waals surface area (Å²) in [5.41, 5.74) is 0.800. The van der Waals surface area contributed by atoms with Gasteiger partial charge in [0.05, 0.1) is 18.7 Å². The van der Waals surface area contributed by atoms with Gasteiger partial charge in [0.25, 0.3) is 5.56 Å². The summed E-state index contributed by atoms with van der Waals surface area (Å²) in [7, 11) is 3.29. The van der Waals surface area contributed by atoms with E-state index in [1.54, 1.807) is 26.4 Å². The summed E-state index contributed by atoms with van der Waals surface area (Å²) < 4.78 is 10.2. The van der Waals surface area contributed by atoms with Gasteiger partial charge in [-0.3, -0.25) is 4.79 Å². The second-order valence-electron chi connectivity index (χ2n) is 5.24. The Hall–Kier alpha value is -1.89. The van der Waals surface area contributed by atoms with Crippen LogP contribution < -0.4 is 10.5 Å². The Morgan fingerprint density at radius 1 is 1.14 bits per heavy atom. The van der Waals surface area contributed by atoms with Gasteiger partial charge >= 0.3 is 0 Å². The number of aromatic hydroxyl groups is 1. The molecule has 120 valence electrons. The topological polar surface area (TPSA) is 76.0 Å². The number of para-hydroxylation sites is 1. The van der Waals surface area contributed by atoms with E-state index in [-0.39, 0.29) is 11.3 Å². The first-order valence-electron chi connectivity index (χ1n) is 7.31. The van der Waals surface area contributed by atoms with Crippen LogP contribution in [0.5, 0.6) is 5.75 Å². The number of ether oxygens (including phenoxy) is 2. The molecule has 0 amide bonds. The minimum Gasteiger partial charge on any atom is -0.507 e. The van der Waals surface area contributed by atoms with Gasteiger partial charge in [0.2, 0.25) is 0 Å². The first kappa shape index (κ1) is 16.5. The first-order chi connectivity index (χ1) is 10.7. The zero-order valence-corrected chi connectivity index (χ0v) is 13.0. The Morgan fingerprint density at radius 3 is 2.41 bits per heavy atom. The molecule has 1 aromatic carbocycles. The molecule has 2 rings (SSSR count). The molecule has 6 heteroatoms. The Balaban J connectivity index is 2.29. The normalized spacial score (nSPS) is 11.4. The monoisotopic (exact) mass is 307 g/mol. The van der Waals surface area contributed by atoms with Gasteiger partial charge in [0.15, 0.2) is 0 Å². The maximum absolute atomic E-state index is 12.2. The summed E-state index contributed by atoms with van der Waals surface area (Å²) in [6, 6.07) is 7.24. The van der Waals surface area contributed by atoms with Crippen LogP contribution in [0.3, 0.4) is 0 Å². The van der Waals surface area contributed by atoms with E-state index < -0.39 is 0 Å². The number of rotatable bonds is 8. The fraction of sp³-hybridized carbons (Fsp3) is 0.438. The molecule has 0 fully saturated rings. The molecule has 0 aliphatic carbocycles. The quantitative estimate of drug-likeness (QED) is 0.637. The van der Waals surface area contributed by atoms with Crippen LogP contribution in [-0.2, 0) is 16.0 Å². The van der Waals surface area contributed by atoms with Crippen LogP contribution in [0.4, 0.5) is 0 Å². The summed E-state index contributed by atoms with van der Waals surface area (Å²) in [5.74, 6) is 0.0617. The molecule has 22 heavy (non-hydrogen) atoms. The second-order valence-corrected chi connectivity index (χ2v) is 5.24. The number of nitrogens with one attached hydrogen (secondary N) is 2. The third-order valence-corrected chi connectivity index (χ3v) is 3.74. The Kier molecular flexibility index (Phi) is 5.94. The van der Waals surface area contributed by atoms with Crippen molar-refractivity contribution in [2.45, 2.75) is 6.54 Å². The van der Waals surface area contributed by atoms with Gasteiger partial charge in [-0.1, -0.05) is 12.1 Å². The van der Waals surface area contributed by atoms with E-state index >= 15 is 0 Å². The van der Waals surface area contributed by atoms with E-state index in [1.807, 2.05) is 12.1 Å². The molecule has 0 aliphatic heterocycles. The highest BCUT2D eigenvalue weighted by atomic mass is 16.5. The van der Waals surface area contributed by atoms with Crippen molar-refractivity contribution in [3.8, 4) is 5.75 Å². The van der Waals surface area contributed by atoms with Crippen LogP contribution in [0.15, 0.2) is 29.1 Å². The standard InChI is InChI=1S/C16H22N2O4/c1-21-9-7-18(8-10-22-2)11-13-15(19)12-5-3-4-6-14(12)17-16(13)20/h3-6H,7-11H2,1-2H3,(H2,17,19,20)/p+1. The van der Waals surface area contributed by atoms with Crippen LogP contribution in [0, 0.1) is 0 Å². The lowest BCUT2D eigenvalue weighted by Gasteiger charge is -2.19. The summed E-state index contributed by atoms with van der Waals surface area (Å²) in [6.07, 6.45) is 0. The van der Waals surface area contributed by atoms with Gasteiger partial charge in [-0.25, -0.2) is 0 Å². The first-order valence-corrected chi connectivity index (χ1v) is 7.31. The van der Waals surface area contributed by atoms with Crippen LogP contribution in [0.2, 0.25) is 0 Å². The number of aromatic nitrogens is 1. The predicted octanol–water partition coefficient (Wildman–Crippen LogP) is -0.0886. The molecule has 0 aliphatic rings. The smallest absolute Gasteiger partial charge is 0.261 e. The van der Waals surface area contributed by atoms with E-state index in [0.29, 0.717) is 36.2 Å². The third kappa shape index (κ3) is 3.85. The lowest BCUT2D eigenvalue weighted by atomic mass is 10.1. The van der Waals surface area contributed by atoms with Gasteiger partial charge in [0.1, 0.15) is 30.9 Å². The number of methoxy groups -OCH3 is 2. The number of pyridine rings is 1. The van der Waals surface area contributed by atoms with Gasteiger partial charge in [0, 0.05) is 19.6 Å². The van der Waals surface area contributed by atoms with Crippen molar-refractivity contribution in [2.75, 3.05) is 40.5 Å². The van der Waals surface area contributed by atoms with Crippen molar-refractivity contribution in [1.82, 2.24) is 4.98 Å². The number of hydrogen-bond donors (Lipinski definition) is 3. The number of H-pyrrole nitrogens is 1. The van der Waals surface area contributed by atoms with Crippen molar-refractivity contribution in [3.63, 3.8) is 0 Å². The molecule has 2 aromatic rings. The van der Waals surface area contributed by atoms with Crippen molar-refractivity contribution in [3.05, 3.63) is 40.2 Å². The van der Waals surface area contributed by atoms with Gasteiger partial charge in [-0.05, 0) is 12.1 Å². The minimum absolute atomic E-state index is 0.0617. The summed E-state index contributed by atoms with van der Waals surface area (Å²) in [5, 5.41) is 11.1. The molecular formula is C16H23N2O4+. The average molecular weight is 307 g/mol. The van der Waals surface area contributed by atoms with Crippen LogP contribution in [-0.4, -0.2) is 50.6 Å². The highest BCUT2D eigenvalue weighted by Gasteiger charge is 2.18. The third-order valence-electron chi connectivity index (χ3n) is 3.74. The van der Waals surface area contributed by atoms with Gasteiger partial charge in [-0.15, -0.1) is 0 Å². The molecule has 3 N–H and O–H groups in total. The summed E-state index contributed by atoms with van der Waals surface area (Å²) in [6.45, 7) is 3.09. The molecule has 1 aromatic heterocycles. The van der Waals surface area contributed by atoms with E-state index in [9.17, 15) is 9.90 Å². The lowest BCUT2D eigenvalue weighted by Crippen LogP contribution is -3.11. The molecule has 0 bridgehead atoms. The number of fused-ring (bicyclic) bond motifs is 1. The number of hydrogen-bond acceptors (Lipinski definition) is 4. The maximum Gasteiger partial charge on any atom is 0.261 e. The number of benzene rings is 1. The zero-order valence-electron chi connectivity index (χ0n) is 13.0. The summed E-state index contributed by atoms with van der Waals surface area (Å²) >= 11 is 0. The highest BCUT2D eigenvalue weighted by molar-refractivity contribution is 5.85. The molecule has 0 unspecified atom stereocenters. The van der Waals surface area contributed by atoms with E-state index in [4.69, 9.17) is 9.47 Å². The fourth-order valence-electron chi connectivity index (χ4n) is 2.48. The molecular weight excluding hydrogens is 284 g/mol. The highest BCUT2D eigenvalue weighted by Crippen LogP contribution is 2.23. The molecule has 0 saturated heterocycles. The van der Waals surface area contributed by atoms with Gasteiger partial charge in [-0.2, -0.15) is 0 Å². The Morgan fingerprint density at radius 2 is 1.77 bits per heavy atom. The molecule has 0 radical (unpaired) electrons. The fourth-order valence-corrected chi connectivity index (χ4v) is 2.48. The van der Waals surface area contributed by atoms with Crippen molar-refractivity contribution < 1.29 is 19.5 Å². The van der Waals surface area contributed by atoms with E-state index in [0.717, 1.165) is 18.0 Å². The number of quaternary nitrogens is 1. The molecule has 0 spiro atoms. The van der Waals surface area contributed by atoms with Crippen molar-refractivity contribution in [2.24, 2.45) is 0 Å². The molecule has 6 nitrogen and oxygen atoms in total. The van der Waals surface area contributed by atoms with E-state index in [1.165, 1.54) is 0 Å². The molecule has 0 saturated carbocycles.